The van der Waals surface area contributed by atoms with Crippen molar-refractivity contribution in [3.05, 3.63) is 0 Å². The zero-order chi connectivity index (χ0) is 16.9. The van der Waals surface area contributed by atoms with E-state index >= 15 is 0 Å². The summed E-state index contributed by atoms with van der Waals surface area (Å²) in [6, 6.07) is -0.666. The fourth-order valence-electron chi connectivity index (χ4n) is 2.86. The van der Waals surface area contributed by atoms with E-state index in [0.29, 0.717) is 12.8 Å². The standard InChI is InChI=1S/C12H26BN3O6/c1-22-6-9(14)10(17)16-5-8(3-2-4-13(20)21)12(15,7-16)11(18)19/h8-10,17,20-21H,2-7,14-15H2,1H3,(H,18,19)/t8?,9-,10?,12-/m0/s1. The van der Waals surface area contributed by atoms with Gasteiger partial charge in [-0.2, -0.15) is 0 Å². The quantitative estimate of drug-likeness (QED) is 0.247. The summed E-state index contributed by atoms with van der Waals surface area (Å²) in [6.07, 6.45) is -0.0420. The number of aliphatic carboxylic acids is 1. The second-order valence-corrected chi connectivity index (χ2v) is 5.92. The number of carboxylic acids is 1. The van der Waals surface area contributed by atoms with Crippen LogP contribution in [0, 0.1) is 5.92 Å². The summed E-state index contributed by atoms with van der Waals surface area (Å²) < 4.78 is 4.89. The Balaban J connectivity index is 2.72. The molecule has 1 saturated heterocycles. The maximum Gasteiger partial charge on any atom is 0.451 e. The number of ether oxygens (including phenoxy) is 1. The van der Waals surface area contributed by atoms with Crippen molar-refractivity contribution < 1.29 is 29.8 Å². The van der Waals surface area contributed by atoms with Crippen LogP contribution in [-0.4, -0.2) is 82.9 Å². The van der Waals surface area contributed by atoms with Crippen molar-refractivity contribution >= 4 is 13.1 Å². The number of nitrogens with two attached hydrogens (primary N) is 2. The van der Waals surface area contributed by atoms with Gasteiger partial charge in [0.2, 0.25) is 0 Å². The molecular weight excluding hydrogens is 293 g/mol. The Labute approximate surface area is 130 Å². The molecule has 2 unspecified atom stereocenters. The minimum atomic E-state index is -1.49. The number of hydrogen-bond acceptors (Lipinski definition) is 8. The molecular formula is C12H26BN3O6. The average Bonchev–Trinajstić information content (AvgIpc) is 2.77. The van der Waals surface area contributed by atoms with Gasteiger partial charge in [0.05, 0.1) is 12.6 Å². The van der Waals surface area contributed by atoms with Crippen LogP contribution in [0.25, 0.3) is 0 Å². The molecule has 9 nitrogen and oxygen atoms in total. The van der Waals surface area contributed by atoms with Crippen LogP contribution >= 0.6 is 0 Å². The molecule has 4 atom stereocenters. The Morgan fingerprint density at radius 2 is 2.18 bits per heavy atom. The number of likely N-dealkylation sites (tertiary alicyclic amines) is 1. The van der Waals surface area contributed by atoms with Gasteiger partial charge in [0.1, 0.15) is 11.8 Å². The Morgan fingerprint density at radius 3 is 2.68 bits per heavy atom. The molecule has 0 spiro atoms. The molecule has 8 N–H and O–H groups in total. The molecule has 0 aromatic carbocycles. The van der Waals surface area contributed by atoms with E-state index in [1.165, 1.54) is 12.0 Å². The molecule has 10 heteroatoms. The van der Waals surface area contributed by atoms with Crippen molar-refractivity contribution in [3.63, 3.8) is 0 Å². The molecule has 128 valence electrons. The first-order valence-electron chi connectivity index (χ1n) is 7.27. The van der Waals surface area contributed by atoms with Crippen LogP contribution in [0.3, 0.4) is 0 Å². The Kier molecular flexibility index (Phi) is 7.20. The zero-order valence-electron chi connectivity index (χ0n) is 12.8. The summed E-state index contributed by atoms with van der Waals surface area (Å²) in [5.41, 5.74) is 10.3. The SMILES string of the molecule is COC[C@H](N)C(O)N1CC(CCCB(O)O)[C@](N)(C(=O)O)C1. The van der Waals surface area contributed by atoms with Gasteiger partial charge in [-0.05, 0) is 12.7 Å². The van der Waals surface area contributed by atoms with E-state index < -0.39 is 36.8 Å². The number of aliphatic hydroxyl groups is 1. The minimum Gasteiger partial charge on any atom is -0.480 e. The largest absolute Gasteiger partial charge is 0.480 e. The topological polar surface area (TPSA) is 162 Å². The lowest BCUT2D eigenvalue weighted by atomic mass is 9.78. The van der Waals surface area contributed by atoms with E-state index in [-0.39, 0.29) is 26.0 Å². The van der Waals surface area contributed by atoms with Gasteiger partial charge in [-0.15, -0.1) is 0 Å². The number of nitrogens with zero attached hydrogens (tertiary/aromatic N) is 1. The first-order valence-corrected chi connectivity index (χ1v) is 7.27. The van der Waals surface area contributed by atoms with Crippen molar-refractivity contribution in [1.29, 1.82) is 0 Å². The zero-order valence-corrected chi connectivity index (χ0v) is 12.8. The van der Waals surface area contributed by atoms with Crippen molar-refractivity contribution in [2.24, 2.45) is 17.4 Å². The highest BCUT2D eigenvalue weighted by atomic mass is 16.5. The minimum absolute atomic E-state index is 0.0206. The first kappa shape index (κ1) is 19.3. The van der Waals surface area contributed by atoms with Crippen molar-refractivity contribution in [3.8, 4) is 0 Å². The number of methoxy groups -OCH3 is 1. The number of carbonyl (C=O) groups is 1. The maximum atomic E-state index is 11.5. The monoisotopic (exact) mass is 319 g/mol. The van der Waals surface area contributed by atoms with Crippen LogP contribution in [0.4, 0.5) is 0 Å². The highest BCUT2D eigenvalue weighted by molar-refractivity contribution is 6.40. The first-order chi connectivity index (χ1) is 10.2. The van der Waals surface area contributed by atoms with Crippen LogP contribution < -0.4 is 11.5 Å². The van der Waals surface area contributed by atoms with E-state index in [4.69, 9.17) is 26.3 Å². The van der Waals surface area contributed by atoms with E-state index in [9.17, 15) is 15.0 Å². The predicted molar refractivity (Wildman–Crippen MR) is 79.7 cm³/mol. The predicted octanol–water partition coefficient (Wildman–Crippen LogP) is -2.75. The van der Waals surface area contributed by atoms with E-state index in [1.807, 2.05) is 0 Å². The van der Waals surface area contributed by atoms with Gasteiger partial charge < -0.3 is 36.5 Å². The lowest BCUT2D eigenvalue weighted by Crippen LogP contribution is -2.56. The number of hydrogen-bond donors (Lipinski definition) is 6. The highest BCUT2D eigenvalue weighted by Gasteiger charge is 2.51. The summed E-state index contributed by atoms with van der Waals surface area (Å²) in [7, 11) is 0.0413. The van der Waals surface area contributed by atoms with E-state index in [0.717, 1.165) is 0 Å². The Bertz CT molecular complexity index is 375. The summed E-state index contributed by atoms with van der Waals surface area (Å²) in [4.78, 5) is 13.0. The molecule has 0 radical (unpaired) electrons. The van der Waals surface area contributed by atoms with E-state index in [1.54, 1.807) is 0 Å². The molecule has 0 aliphatic carbocycles. The normalized spacial score (nSPS) is 28.5. The van der Waals surface area contributed by atoms with Gasteiger partial charge in [0, 0.05) is 26.1 Å². The Morgan fingerprint density at radius 1 is 1.55 bits per heavy atom. The second kappa shape index (κ2) is 8.20. The van der Waals surface area contributed by atoms with Crippen molar-refractivity contribution in [2.45, 2.75) is 37.0 Å². The van der Waals surface area contributed by atoms with Crippen LogP contribution in [0.5, 0.6) is 0 Å². The number of aliphatic hydroxyl groups excluding tert-OH is 1. The van der Waals surface area contributed by atoms with Gasteiger partial charge >= 0.3 is 13.1 Å². The third-order valence-electron chi connectivity index (χ3n) is 4.18. The molecule has 0 amide bonds. The average molecular weight is 319 g/mol. The summed E-state index contributed by atoms with van der Waals surface area (Å²) in [5.74, 6) is -1.55. The smallest absolute Gasteiger partial charge is 0.451 e. The molecule has 1 heterocycles. The van der Waals surface area contributed by atoms with Crippen molar-refractivity contribution in [2.75, 3.05) is 26.8 Å². The fourth-order valence-corrected chi connectivity index (χ4v) is 2.86. The highest BCUT2D eigenvalue weighted by Crippen LogP contribution is 2.31. The van der Waals surface area contributed by atoms with Crippen LogP contribution in [0.2, 0.25) is 6.32 Å². The lowest BCUT2D eigenvalue weighted by Gasteiger charge is -2.28. The Hall–Kier alpha value is -0.745. The molecule has 1 aliphatic heterocycles. The molecule has 1 fully saturated rings. The molecule has 0 saturated carbocycles. The van der Waals surface area contributed by atoms with Crippen LogP contribution in [0.1, 0.15) is 12.8 Å². The number of rotatable bonds is 9. The van der Waals surface area contributed by atoms with Gasteiger partial charge in [0.15, 0.2) is 0 Å². The maximum absolute atomic E-state index is 11.5. The van der Waals surface area contributed by atoms with Crippen LogP contribution in [-0.2, 0) is 9.53 Å². The van der Waals surface area contributed by atoms with Gasteiger partial charge in [-0.3, -0.25) is 9.69 Å². The number of carboxylic acid groups (broad SMARTS) is 1. The van der Waals surface area contributed by atoms with Gasteiger partial charge in [-0.1, -0.05) is 6.42 Å². The van der Waals surface area contributed by atoms with E-state index in [2.05, 4.69) is 0 Å². The summed E-state index contributed by atoms with van der Waals surface area (Å²) in [5, 5.41) is 37.3. The molecule has 22 heavy (non-hydrogen) atoms. The molecule has 1 rings (SSSR count). The van der Waals surface area contributed by atoms with Gasteiger partial charge in [-0.25, -0.2) is 0 Å². The molecule has 0 aromatic rings. The molecule has 0 aromatic heterocycles. The van der Waals surface area contributed by atoms with Crippen LogP contribution in [0.15, 0.2) is 0 Å². The second-order valence-electron chi connectivity index (χ2n) is 5.92. The van der Waals surface area contributed by atoms with Crippen molar-refractivity contribution in [1.82, 2.24) is 4.90 Å². The van der Waals surface area contributed by atoms with Gasteiger partial charge in [0.25, 0.3) is 0 Å². The molecule has 1 aliphatic rings. The molecule has 0 bridgehead atoms. The fraction of sp³-hybridized carbons (Fsp3) is 0.917. The lowest BCUT2D eigenvalue weighted by molar-refractivity contribution is -0.144. The third-order valence-corrected chi connectivity index (χ3v) is 4.18. The summed E-state index contributed by atoms with van der Waals surface area (Å²) in [6.45, 7) is 0.403. The third kappa shape index (κ3) is 4.62. The summed E-state index contributed by atoms with van der Waals surface area (Å²) >= 11 is 0.